The largest absolute Gasteiger partial charge is 0.271 e. The van der Waals surface area contributed by atoms with Crippen molar-refractivity contribution in [1.29, 1.82) is 0 Å². The van der Waals surface area contributed by atoms with Crippen LogP contribution in [0, 0.1) is 23.5 Å². The molecule has 1 aromatic rings. The van der Waals surface area contributed by atoms with E-state index in [1.165, 1.54) is 31.4 Å². The predicted molar refractivity (Wildman–Crippen MR) is 72.2 cm³/mol. The van der Waals surface area contributed by atoms with Gasteiger partial charge in [0.2, 0.25) is 0 Å². The molecule has 1 unspecified atom stereocenters. The molecule has 3 N–H and O–H groups in total. The van der Waals surface area contributed by atoms with Gasteiger partial charge in [-0.2, -0.15) is 0 Å². The second-order valence-corrected chi connectivity index (χ2v) is 5.54. The van der Waals surface area contributed by atoms with Crippen LogP contribution in [0.1, 0.15) is 50.6 Å². The molecule has 1 atom stereocenters. The van der Waals surface area contributed by atoms with E-state index in [4.69, 9.17) is 5.84 Å². The van der Waals surface area contributed by atoms with Gasteiger partial charge in [0.1, 0.15) is 11.6 Å². The third kappa shape index (κ3) is 3.51. The van der Waals surface area contributed by atoms with Crippen LogP contribution in [0.3, 0.4) is 0 Å². The Morgan fingerprint density at radius 3 is 2.21 bits per heavy atom. The van der Waals surface area contributed by atoms with Crippen LogP contribution in [-0.4, -0.2) is 0 Å². The molecule has 0 saturated heterocycles. The summed E-state index contributed by atoms with van der Waals surface area (Å²) in [6.07, 6.45) is 5.69. The van der Waals surface area contributed by atoms with Crippen molar-refractivity contribution in [2.45, 2.75) is 45.1 Å². The molecule has 1 saturated carbocycles. The van der Waals surface area contributed by atoms with Gasteiger partial charge in [-0.15, -0.1) is 0 Å². The number of benzene rings is 1. The van der Waals surface area contributed by atoms with Gasteiger partial charge >= 0.3 is 0 Å². The van der Waals surface area contributed by atoms with Gasteiger partial charge < -0.3 is 0 Å². The Morgan fingerprint density at radius 1 is 1.16 bits per heavy atom. The fraction of sp³-hybridized carbons (Fsp3) is 0.600. The summed E-state index contributed by atoms with van der Waals surface area (Å²) in [6, 6.07) is 3.48. The van der Waals surface area contributed by atoms with Crippen LogP contribution in [-0.2, 0) is 0 Å². The van der Waals surface area contributed by atoms with Crippen molar-refractivity contribution in [3.8, 4) is 0 Å². The average molecular weight is 268 g/mol. The molecule has 19 heavy (non-hydrogen) atoms. The van der Waals surface area contributed by atoms with Crippen molar-refractivity contribution in [2.24, 2.45) is 17.7 Å². The zero-order chi connectivity index (χ0) is 13.8. The molecule has 0 radical (unpaired) electrons. The summed E-state index contributed by atoms with van der Waals surface area (Å²) in [7, 11) is 0. The lowest BCUT2D eigenvalue weighted by molar-refractivity contribution is 0.219. The lowest BCUT2D eigenvalue weighted by atomic mass is 9.76. The monoisotopic (exact) mass is 268 g/mol. The Balaban J connectivity index is 2.11. The van der Waals surface area contributed by atoms with Gasteiger partial charge in [-0.25, -0.2) is 8.78 Å². The van der Waals surface area contributed by atoms with Gasteiger partial charge in [-0.05, 0) is 42.4 Å². The average Bonchev–Trinajstić information content (AvgIpc) is 2.39. The highest BCUT2D eigenvalue weighted by atomic mass is 19.1. The molecule has 2 rings (SSSR count). The maximum absolute atomic E-state index is 13.3. The number of hydrazine groups is 1. The van der Waals surface area contributed by atoms with E-state index in [1.54, 1.807) is 0 Å². The highest BCUT2D eigenvalue weighted by molar-refractivity contribution is 5.22. The Hall–Kier alpha value is -1.00. The molecule has 4 heteroatoms. The molecule has 2 nitrogen and oxygen atoms in total. The van der Waals surface area contributed by atoms with Crippen LogP contribution in [0.15, 0.2) is 18.2 Å². The molecule has 106 valence electrons. The zero-order valence-electron chi connectivity index (χ0n) is 11.3. The van der Waals surface area contributed by atoms with Crippen LogP contribution in [0.5, 0.6) is 0 Å². The van der Waals surface area contributed by atoms with Crippen LogP contribution >= 0.6 is 0 Å². The smallest absolute Gasteiger partial charge is 0.126 e. The summed E-state index contributed by atoms with van der Waals surface area (Å²) in [4.78, 5) is 0. The molecule has 1 fully saturated rings. The minimum Gasteiger partial charge on any atom is -0.271 e. The normalized spacial score (nSPS) is 25.3. The highest BCUT2D eigenvalue weighted by Gasteiger charge is 2.27. The third-order valence-electron chi connectivity index (χ3n) is 4.36. The molecule has 1 aromatic carbocycles. The fourth-order valence-corrected chi connectivity index (χ4v) is 3.19. The molecule has 0 aliphatic heterocycles. The molecule has 0 aromatic heterocycles. The van der Waals surface area contributed by atoms with Crippen LogP contribution in [0.2, 0.25) is 0 Å². The highest BCUT2D eigenvalue weighted by Crippen LogP contribution is 2.37. The quantitative estimate of drug-likeness (QED) is 0.645. The first-order valence-corrected chi connectivity index (χ1v) is 7.06. The summed E-state index contributed by atoms with van der Waals surface area (Å²) < 4.78 is 26.6. The molecule has 1 aliphatic carbocycles. The van der Waals surface area contributed by atoms with Gasteiger partial charge in [0, 0.05) is 12.1 Å². The Kier molecular flexibility index (Phi) is 4.88. The maximum Gasteiger partial charge on any atom is 0.126 e. The molecule has 0 spiro atoms. The molecule has 0 bridgehead atoms. The van der Waals surface area contributed by atoms with Crippen molar-refractivity contribution in [3.05, 3.63) is 35.4 Å². The SMILES string of the molecule is CCC1CCC(C(NN)c2cc(F)cc(F)c2)CC1. The second-order valence-electron chi connectivity index (χ2n) is 5.54. The Morgan fingerprint density at radius 2 is 1.74 bits per heavy atom. The standard InChI is InChI=1S/C15H22F2N2/c1-2-10-3-5-11(6-4-10)15(19-18)12-7-13(16)9-14(17)8-12/h7-11,15,19H,2-6,18H2,1H3. The number of hydrogen-bond donors (Lipinski definition) is 2. The maximum atomic E-state index is 13.3. The van der Waals surface area contributed by atoms with Crippen molar-refractivity contribution < 1.29 is 8.78 Å². The van der Waals surface area contributed by atoms with Gasteiger partial charge in [0.25, 0.3) is 0 Å². The minimum atomic E-state index is -0.544. The topological polar surface area (TPSA) is 38.0 Å². The van der Waals surface area contributed by atoms with E-state index >= 15 is 0 Å². The Bertz CT molecular complexity index is 394. The van der Waals surface area contributed by atoms with Crippen LogP contribution in [0.4, 0.5) is 8.78 Å². The second kappa shape index (κ2) is 6.44. The van der Waals surface area contributed by atoms with Crippen LogP contribution < -0.4 is 11.3 Å². The minimum absolute atomic E-state index is 0.164. The van der Waals surface area contributed by atoms with Gasteiger partial charge in [0.05, 0.1) is 0 Å². The van der Waals surface area contributed by atoms with E-state index < -0.39 is 11.6 Å². The van der Waals surface area contributed by atoms with E-state index in [2.05, 4.69) is 12.3 Å². The Labute approximate surface area is 113 Å². The first-order chi connectivity index (χ1) is 9.13. The van der Waals surface area contributed by atoms with E-state index in [-0.39, 0.29) is 6.04 Å². The molecule has 0 heterocycles. The predicted octanol–water partition coefficient (Wildman–Crippen LogP) is 3.69. The summed E-state index contributed by atoms with van der Waals surface area (Å²) in [6.45, 7) is 2.21. The molecule has 1 aliphatic rings. The lowest BCUT2D eigenvalue weighted by Gasteiger charge is -2.33. The summed E-state index contributed by atoms with van der Waals surface area (Å²) >= 11 is 0. The van der Waals surface area contributed by atoms with E-state index in [9.17, 15) is 8.78 Å². The van der Waals surface area contributed by atoms with E-state index in [0.29, 0.717) is 11.5 Å². The van der Waals surface area contributed by atoms with Gasteiger partial charge in [0.15, 0.2) is 0 Å². The third-order valence-corrected chi connectivity index (χ3v) is 4.36. The lowest BCUT2D eigenvalue weighted by Crippen LogP contribution is -2.35. The number of hydrogen-bond acceptors (Lipinski definition) is 2. The van der Waals surface area contributed by atoms with Gasteiger partial charge in [-0.3, -0.25) is 11.3 Å². The van der Waals surface area contributed by atoms with E-state index in [0.717, 1.165) is 24.8 Å². The molecule has 0 amide bonds. The van der Waals surface area contributed by atoms with Crippen molar-refractivity contribution in [3.63, 3.8) is 0 Å². The number of nitrogens with one attached hydrogen (secondary N) is 1. The molecular weight excluding hydrogens is 246 g/mol. The molecular formula is C15H22F2N2. The summed E-state index contributed by atoms with van der Waals surface area (Å²) in [5.41, 5.74) is 3.35. The summed E-state index contributed by atoms with van der Waals surface area (Å²) in [5, 5.41) is 0. The fourth-order valence-electron chi connectivity index (χ4n) is 3.19. The van der Waals surface area contributed by atoms with E-state index in [1.807, 2.05) is 0 Å². The van der Waals surface area contributed by atoms with Crippen molar-refractivity contribution in [1.82, 2.24) is 5.43 Å². The number of rotatable bonds is 4. The first kappa shape index (κ1) is 14.4. The number of nitrogens with two attached hydrogens (primary N) is 1. The zero-order valence-corrected chi connectivity index (χ0v) is 11.3. The van der Waals surface area contributed by atoms with Gasteiger partial charge in [-0.1, -0.05) is 26.2 Å². The van der Waals surface area contributed by atoms with Crippen molar-refractivity contribution >= 4 is 0 Å². The number of halogens is 2. The van der Waals surface area contributed by atoms with Crippen molar-refractivity contribution in [2.75, 3.05) is 0 Å². The van der Waals surface area contributed by atoms with Crippen LogP contribution in [0.25, 0.3) is 0 Å². The summed E-state index contributed by atoms with van der Waals surface area (Å²) in [5.74, 6) is 5.67. The first-order valence-electron chi connectivity index (χ1n) is 7.06.